The molecule has 2 aromatic carbocycles. The van der Waals surface area contributed by atoms with Crippen LogP contribution in [0.5, 0.6) is 0 Å². The molecule has 1 amide bonds. The highest BCUT2D eigenvalue weighted by Crippen LogP contribution is 2.24. The summed E-state index contributed by atoms with van der Waals surface area (Å²) in [5, 5.41) is 6.74. The van der Waals surface area contributed by atoms with Crippen LogP contribution in [0.1, 0.15) is 38.7 Å². The van der Waals surface area contributed by atoms with Crippen LogP contribution in [0.2, 0.25) is 0 Å². The first kappa shape index (κ1) is 27.3. The van der Waals surface area contributed by atoms with Crippen molar-refractivity contribution >= 4 is 51.0 Å². The number of thiazole rings is 1. The van der Waals surface area contributed by atoms with Gasteiger partial charge in [0.1, 0.15) is 0 Å². The van der Waals surface area contributed by atoms with Crippen molar-refractivity contribution in [2.45, 2.75) is 33.1 Å². The Morgan fingerprint density at radius 3 is 2.50 bits per heavy atom. The number of benzene rings is 2. The van der Waals surface area contributed by atoms with Gasteiger partial charge < -0.3 is 20.4 Å². The second-order valence-electron chi connectivity index (χ2n) is 9.82. The zero-order valence-corrected chi connectivity index (χ0v) is 23.5. The predicted molar refractivity (Wildman–Crippen MR) is 156 cm³/mol. The third-order valence-electron chi connectivity index (χ3n) is 6.34. The lowest BCUT2D eigenvalue weighted by Gasteiger charge is -2.22. The third kappa shape index (κ3) is 7.16. The largest absolute Gasteiger partial charge is 0.353 e. The van der Waals surface area contributed by atoms with E-state index in [0.29, 0.717) is 37.5 Å². The normalized spacial score (nSPS) is 11.9. The van der Waals surface area contributed by atoms with Crippen LogP contribution in [0.25, 0.3) is 10.2 Å². The summed E-state index contributed by atoms with van der Waals surface area (Å²) in [6.07, 6.45) is 0.801. The van der Waals surface area contributed by atoms with Crippen molar-refractivity contribution in [2.24, 2.45) is 5.92 Å². The Bertz CT molecular complexity index is 1340. The Morgan fingerprint density at radius 2 is 1.74 bits per heavy atom. The van der Waals surface area contributed by atoms with Crippen LogP contribution >= 0.6 is 11.3 Å². The minimum absolute atomic E-state index is 0.00835. The number of amides is 1. The molecule has 0 radical (unpaired) electrons. The predicted octanol–water partition coefficient (Wildman–Crippen LogP) is 5.38. The lowest BCUT2D eigenvalue weighted by molar-refractivity contribution is -0.133. The van der Waals surface area contributed by atoms with Crippen molar-refractivity contribution in [3.8, 4) is 0 Å². The number of hydrogen-bond donors (Lipinski definition) is 2. The molecule has 2 aromatic heterocycles. The molecule has 1 unspecified atom stereocenters. The zero-order chi connectivity index (χ0) is 27.1. The first-order valence-corrected chi connectivity index (χ1v) is 13.8. The molecule has 0 aliphatic heterocycles. The van der Waals surface area contributed by atoms with Crippen LogP contribution in [-0.4, -0.2) is 64.5 Å². The molecule has 200 valence electrons. The Kier molecular flexibility index (Phi) is 9.06. The van der Waals surface area contributed by atoms with Crippen molar-refractivity contribution in [3.05, 3.63) is 59.6 Å². The standard InChI is InChI=1S/C28H36N8OS/c1-19(2)25(37)35(4)14-9-15-36(5)28-33-26(29-17-20(3)21-10-7-6-8-11-21)32-27(34-28)31-22-12-13-23-24(16-22)38-18-30-23/h6-8,10-13,16,18-20H,9,14-15,17H2,1-5H3,(H2,29,31,32,33,34). The highest BCUT2D eigenvalue weighted by molar-refractivity contribution is 7.16. The lowest BCUT2D eigenvalue weighted by Crippen LogP contribution is -2.33. The SMILES string of the molecule is CC(C)C(=O)N(C)CCCN(C)c1nc(NCC(C)c2ccccc2)nc(Nc2ccc3ncsc3c2)n1. The smallest absolute Gasteiger partial charge is 0.233 e. The fraction of sp³-hybridized carbons (Fsp3) is 0.393. The third-order valence-corrected chi connectivity index (χ3v) is 7.14. The summed E-state index contributed by atoms with van der Waals surface area (Å²) in [7, 11) is 3.81. The van der Waals surface area contributed by atoms with E-state index in [0.717, 1.165) is 22.3 Å². The van der Waals surface area contributed by atoms with Gasteiger partial charge >= 0.3 is 0 Å². The zero-order valence-electron chi connectivity index (χ0n) is 22.7. The van der Waals surface area contributed by atoms with Gasteiger partial charge in [-0.3, -0.25) is 4.79 Å². The first-order chi connectivity index (χ1) is 18.3. The summed E-state index contributed by atoms with van der Waals surface area (Å²) in [4.78, 5) is 34.4. The summed E-state index contributed by atoms with van der Waals surface area (Å²) >= 11 is 1.59. The van der Waals surface area contributed by atoms with Gasteiger partial charge in [-0.05, 0) is 36.1 Å². The summed E-state index contributed by atoms with van der Waals surface area (Å²) in [6, 6.07) is 16.4. The van der Waals surface area contributed by atoms with Crippen LogP contribution in [0.4, 0.5) is 23.5 Å². The van der Waals surface area contributed by atoms with Gasteiger partial charge in [0.05, 0.1) is 15.7 Å². The van der Waals surface area contributed by atoms with Crippen molar-refractivity contribution in [1.29, 1.82) is 0 Å². The number of aromatic nitrogens is 4. The van der Waals surface area contributed by atoms with Gasteiger partial charge in [-0.25, -0.2) is 4.98 Å². The lowest BCUT2D eigenvalue weighted by atomic mass is 10.0. The maximum Gasteiger partial charge on any atom is 0.233 e. The minimum Gasteiger partial charge on any atom is -0.353 e. The second kappa shape index (κ2) is 12.6. The van der Waals surface area contributed by atoms with Gasteiger partial charge in [0.2, 0.25) is 23.8 Å². The topological polar surface area (TPSA) is 99.2 Å². The molecule has 2 heterocycles. The van der Waals surface area contributed by atoms with Crippen LogP contribution in [-0.2, 0) is 4.79 Å². The quantitative estimate of drug-likeness (QED) is 0.251. The number of rotatable bonds is 12. The fourth-order valence-corrected chi connectivity index (χ4v) is 4.79. The monoisotopic (exact) mass is 532 g/mol. The van der Waals surface area contributed by atoms with E-state index in [1.807, 2.05) is 62.6 Å². The molecule has 0 fully saturated rings. The molecule has 38 heavy (non-hydrogen) atoms. The Morgan fingerprint density at radius 1 is 0.974 bits per heavy atom. The van der Waals surface area contributed by atoms with Crippen LogP contribution in [0.3, 0.4) is 0 Å². The van der Waals surface area contributed by atoms with Gasteiger partial charge in [-0.1, -0.05) is 51.1 Å². The molecule has 2 N–H and O–H groups in total. The van der Waals surface area contributed by atoms with E-state index in [1.165, 1.54) is 5.56 Å². The van der Waals surface area contributed by atoms with Crippen molar-refractivity contribution in [1.82, 2.24) is 24.8 Å². The van der Waals surface area contributed by atoms with Gasteiger partial charge in [-0.2, -0.15) is 15.0 Å². The number of nitrogens with one attached hydrogen (secondary N) is 2. The Labute approximate surface area is 228 Å². The maximum absolute atomic E-state index is 12.2. The van der Waals surface area contributed by atoms with E-state index < -0.39 is 0 Å². The summed E-state index contributed by atoms with van der Waals surface area (Å²) < 4.78 is 1.09. The first-order valence-electron chi connectivity index (χ1n) is 12.9. The molecule has 0 bridgehead atoms. The molecule has 0 spiro atoms. The van der Waals surface area contributed by atoms with E-state index in [2.05, 4.69) is 51.8 Å². The molecule has 4 aromatic rings. The summed E-state index contributed by atoms with van der Waals surface area (Å²) in [5.41, 5.74) is 4.95. The summed E-state index contributed by atoms with van der Waals surface area (Å²) in [6.45, 7) is 8.08. The summed E-state index contributed by atoms with van der Waals surface area (Å²) in [5.74, 6) is 1.97. The number of anilines is 4. The van der Waals surface area contributed by atoms with Crippen molar-refractivity contribution in [3.63, 3.8) is 0 Å². The number of hydrogen-bond acceptors (Lipinski definition) is 9. The van der Waals surface area contributed by atoms with E-state index in [4.69, 9.17) is 9.97 Å². The molecule has 10 heteroatoms. The second-order valence-corrected chi connectivity index (χ2v) is 10.7. The van der Waals surface area contributed by atoms with Crippen LogP contribution in [0.15, 0.2) is 54.0 Å². The van der Waals surface area contributed by atoms with E-state index in [1.54, 1.807) is 16.2 Å². The number of carbonyl (C=O) groups excluding carboxylic acids is 1. The van der Waals surface area contributed by atoms with E-state index >= 15 is 0 Å². The number of nitrogens with zero attached hydrogens (tertiary/aromatic N) is 6. The molecule has 4 rings (SSSR count). The Balaban J connectivity index is 1.49. The van der Waals surface area contributed by atoms with E-state index in [9.17, 15) is 4.79 Å². The van der Waals surface area contributed by atoms with Crippen LogP contribution < -0.4 is 15.5 Å². The van der Waals surface area contributed by atoms with Gasteiger partial charge in [0.25, 0.3) is 0 Å². The van der Waals surface area contributed by atoms with Crippen molar-refractivity contribution < 1.29 is 4.79 Å². The fourth-order valence-electron chi connectivity index (χ4n) is 4.07. The van der Waals surface area contributed by atoms with E-state index in [-0.39, 0.29) is 17.7 Å². The molecule has 0 aliphatic rings. The molecule has 0 saturated heterocycles. The average molecular weight is 533 g/mol. The number of fused-ring (bicyclic) bond motifs is 1. The minimum atomic E-state index is -0.00835. The average Bonchev–Trinajstić information content (AvgIpc) is 3.39. The van der Waals surface area contributed by atoms with Crippen LogP contribution in [0, 0.1) is 5.92 Å². The molecular weight excluding hydrogens is 496 g/mol. The van der Waals surface area contributed by atoms with Gasteiger partial charge in [0.15, 0.2) is 0 Å². The molecule has 0 saturated carbocycles. The number of carbonyl (C=O) groups is 1. The highest BCUT2D eigenvalue weighted by Gasteiger charge is 2.15. The Hall–Kier alpha value is -3.79. The molecule has 9 nitrogen and oxygen atoms in total. The van der Waals surface area contributed by atoms with Gasteiger partial charge in [-0.15, -0.1) is 11.3 Å². The maximum atomic E-state index is 12.2. The molecule has 1 atom stereocenters. The molecule has 0 aliphatic carbocycles. The highest BCUT2D eigenvalue weighted by atomic mass is 32.1. The van der Waals surface area contributed by atoms with Gasteiger partial charge in [0, 0.05) is 45.3 Å². The molecular formula is C28H36N8OS. The van der Waals surface area contributed by atoms with Crippen molar-refractivity contribution in [2.75, 3.05) is 49.3 Å².